The van der Waals surface area contributed by atoms with Crippen LogP contribution in [0.4, 0.5) is 28.4 Å². The van der Waals surface area contributed by atoms with Crippen LogP contribution in [0, 0.1) is 11.3 Å². The normalized spacial score (nSPS) is 19.0. The van der Waals surface area contributed by atoms with Crippen molar-refractivity contribution in [3.63, 3.8) is 0 Å². The van der Waals surface area contributed by atoms with Gasteiger partial charge in [0.2, 0.25) is 0 Å². The van der Waals surface area contributed by atoms with Gasteiger partial charge in [-0.05, 0) is 0 Å². The first-order chi connectivity index (χ1) is 22.6. The third kappa shape index (κ3) is 3.96. The molecule has 222 valence electrons. The van der Waals surface area contributed by atoms with E-state index >= 15 is 0 Å². The van der Waals surface area contributed by atoms with Crippen LogP contribution in [0.3, 0.4) is 0 Å². The number of nitriles is 1. The first kappa shape index (κ1) is 28.0. The van der Waals surface area contributed by atoms with E-state index in [-0.39, 0.29) is 6.71 Å². The Morgan fingerprint density at radius 3 is 2.37 bits per heavy atom. The zero-order valence-electron chi connectivity index (χ0n) is 26.3. The number of para-hydroxylation sites is 2. The summed E-state index contributed by atoms with van der Waals surface area (Å²) in [5, 5.41) is 13.3. The van der Waals surface area contributed by atoms with E-state index in [1.165, 1.54) is 73.2 Å². The Balaban J connectivity index is 1.35. The molecule has 0 spiro atoms. The van der Waals surface area contributed by atoms with Crippen LogP contribution in [0.25, 0.3) is 0 Å². The molecule has 1 atom stereocenters. The Hall–Kier alpha value is -4.27. The Morgan fingerprint density at radius 1 is 0.739 bits per heavy atom. The van der Waals surface area contributed by atoms with Gasteiger partial charge in [0.15, 0.2) is 0 Å². The number of benzene rings is 5. The Kier molecular flexibility index (Phi) is 6.48. The molecule has 1 unspecified atom stereocenters. The van der Waals surface area contributed by atoms with Crippen molar-refractivity contribution in [2.75, 3.05) is 9.80 Å². The SMILES string of the molecule is CC[Si]1(C)c2ccccc2B2c3ccc(N4C5=C(CCCC5)[Se]c5ccccc54)cc3N(c3ccccc3)c3cc(C#N)cc1c32. The molecule has 1 aliphatic carbocycles. The Labute approximate surface area is 279 Å². The molecule has 5 aromatic carbocycles. The summed E-state index contributed by atoms with van der Waals surface area (Å²) < 4.78 is 3.14. The molecular weight excluding hydrogens is 640 g/mol. The van der Waals surface area contributed by atoms with E-state index in [0.717, 1.165) is 29.4 Å². The molecule has 6 heteroatoms. The fraction of sp³-hybridized carbons (Fsp3) is 0.175. The van der Waals surface area contributed by atoms with Crippen molar-refractivity contribution < 1.29 is 0 Å². The summed E-state index contributed by atoms with van der Waals surface area (Å²) in [6, 6.07) is 44.4. The van der Waals surface area contributed by atoms with Gasteiger partial charge in [-0.1, -0.05) is 6.92 Å². The molecule has 0 aromatic heterocycles. The fourth-order valence-corrected chi connectivity index (χ4v) is 14.8. The molecule has 0 amide bonds. The van der Waals surface area contributed by atoms with Crippen molar-refractivity contribution in [1.29, 1.82) is 5.26 Å². The zero-order chi connectivity index (χ0) is 31.0. The number of rotatable bonds is 3. The first-order valence-electron chi connectivity index (χ1n) is 16.6. The van der Waals surface area contributed by atoms with Crippen LogP contribution in [0.2, 0.25) is 12.6 Å². The molecule has 0 radical (unpaired) electrons. The molecule has 0 bridgehead atoms. The minimum absolute atomic E-state index is 0.131. The third-order valence-electron chi connectivity index (χ3n) is 10.8. The van der Waals surface area contributed by atoms with Gasteiger partial charge in [0.1, 0.15) is 0 Å². The van der Waals surface area contributed by atoms with Gasteiger partial charge in [0, 0.05) is 0 Å². The predicted molar refractivity (Wildman–Crippen MR) is 198 cm³/mol. The van der Waals surface area contributed by atoms with Crippen molar-refractivity contribution in [2.45, 2.75) is 45.2 Å². The van der Waals surface area contributed by atoms with Crippen molar-refractivity contribution in [2.24, 2.45) is 0 Å². The number of fused-ring (bicyclic) bond motifs is 5. The maximum atomic E-state index is 10.4. The average molecular weight is 675 g/mol. The van der Waals surface area contributed by atoms with Gasteiger partial charge in [0.25, 0.3) is 0 Å². The summed E-state index contributed by atoms with van der Waals surface area (Å²) in [6.45, 7) is 4.99. The summed E-state index contributed by atoms with van der Waals surface area (Å²) in [4.78, 5) is 5.05. The molecular formula is C40H34BN3SeSi. The molecule has 5 aromatic rings. The van der Waals surface area contributed by atoms with Crippen LogP contribution in [-0.4, -0.2) is 29.7 Å². The second-order valence-corrected chi connectivity index (χ2v) is 20.0. The molecule has 9 rings (SSSR count). The standard InChI is InChI=1S/C40H34BN3SeSi/c1-3-46(2)38-20-12-7-15-31(38)41-30-22-21-29(44-32-16-8-10-18-36(32)45-37-19-11-9-17-33(37)44)25-34(30)43(28-13-5-4-6-14-28)35-23-27(26-42)24-39(46)40(35)41/h4-8,10,12-16,18,20-25H,3,9,11,17,19H2,1-2H3. The molecule has 0 saturated carbocycles. The van der Waals surface area contributed by atoms with E-state index in [1.54, 1.807) is 4.47 Å². The Morgan fingerprint density at radius 2 is 1.52 bits per heavy atom. The van der Waals surface area contributed by atoms with Crippen molar-refractivity contribution in [3.05, 3.63) is 125 Å². The minimum atomic E-state index is -2.09. The molecule has 4 aliphatic rings. The fourth-order valence-electron chi connectivity index (χ4n) is 8.51. The quantitative estimate of drug-likeness (QED) is 0.228. The van der Waals surface area contributed by atoms with Crippen molar-refractivity contribution in [3.8, 4) is 6.07 Å². The summed E-state index contributed by atoms with van der Waals surface area (Å²) in [7, 11) is -2.09. The van der Waals surface area contributed by atoms with Gasteiger partial charge in [-0.25, -0.2) is 0 Å². The van der Waals surface area contributed by atoms with E-state index in [2.05, 4.69) is 139 Å². The van der Waals surface area contributed by atoms with Gasteiger partial charge >= 0.3 is 274 Å². The summed E-state index contributed by atoms with van der Waals surface area (Å²) in [5.74, 6) is 0. The number of anilines is 5. The van der Waals surface area contributed by atoms with Crippen LogP contribution < -0.4 is 41.0 Å². The van der Waals surface area contributed by atoms with Crippen LogP contribution in [0.15, 0.2) is 119 Å². The van der Waals surface area contributed by atoms with Gasteiger partial charge in [0.05, 0.1) is 0 Å². The second kappa shape index (κ2) is 10.6. The number of hydrogen-bond donors (Lipinski definition) is 0. The van der Waals surface area contributed by atoms with E-state index in [1.807, 2.05) is 0 Å². The number of hydrogen-bond acceptors (Lipinski definition) is 3. The molecule has 0 fully saturated rings. The van der Waals surface area contributed by atoms with E-state index in [0.29, 0.717) is 15.0 Å². The van der Waals surface area contributed by atoms with Crippen LogP contribution >= 0.6 is 0 Å². The summed E-state index contributed by atoms with van der Waals surface area (Å²) in [6.07, 6.45) is 4.90. The van der Waals surface area contributed by atoms with E-state index < -0.39 is 8.07 Å². The van der Waals surface area contributed by atoms with Gasteiger partial charge in [-0.15, -0.1) is 0 Å². The van der Waals surface area contributed by atoms with E-state index in [4.69, 9.17) is 0 Å². The monoisotopic (exact) mass is 675 g/mol. The second-order valence-electron chi connectivity index (χ2n) is 13.2. The molecule has 0 N–H and O–H groups in total. The summed E-state index contributed by atoms with van der Waals surface area (Å²) >= 11 is 0.387. The number of nitrogens with zero attached hydrogens (tertiary/aromatic N) is 3. The third-order valence-corrected chi connectivity index (χ3v) is 18.1. The molecule has 46 heavy (non-hydrogen) atoms. The topological polar surface area (TPSA) is 30.3 Å². The van der Waals surface area contributed by atoms with Gasteiger partial charge in [-0.2, -0.15) is 0 Å². The van der Waals surface area contributed by atoms with Crippen molar-refractivity contribution in [1.82, 2.24) is 0 Å². The number of allylic oxidation sites excluding steroid dienone is 2. The zero-order valence-corrected chi connectivity index (χ0v) is 29.0. The Bertz CT molecular complexity index is 2140. The summed E-state index contributed by atoms with van der Waals surface area (Å²) in [5.41, 5.74) is 12.6. The average Bonchev–Trinajstić information content (AvgIpc) is 3.12. The maximum absolute atomic E-state index is 10.4. The molecule has 3 nitrogen and oxygen atoms in total. The molecule has 0 saturated heterocycles. The van der Waals surface area contributed by atoms with Gasteiger partial charge in [-0.3, -0.25) is 0 Å². The van der Waals surface area contributed by atoms with Crippen LogP contribution in [0.1, 0.15) is 38.2 Å². The first-order valence-corrected chi connectivity index (χ1v) is 21.0. The molecule has 3 aliphatic heterocycles. The van der Waals surface area contributed by atoms with E-state index in [9.17, 15) is 5.26 Å². The van der Waals surface area contributed by atoms with Crippen LogP contribution in [-0.2, 0) is 0 Å². The molecule has 3 heterocycles. The van der Waals surface area contributed by atoms with Crippen molar-refractivity contribution >= 4 is 89.4 Å². The predicted octanol–water partition coefficient (Wildman–Crippen LogP) is 5.65. The van der Waals surface area contributed by atoms with Gasteiger partial charge < -0.3 is 0 Å². The van der Waals surface area contributed by atoms with Crippen LogP contribution in [0.5, 0.6) is 0 Å².